The number of hydrogen-bond acceptors (Lipinski definition) is 2. The van der Waals surface area contributed by atoms with Gasteiger partial charge in [-0.1, -0.05) is 36.8 Å². The Morgan fingerprint density at radius 1 is 1.06 bits per heavy atom. The molecule has 31 heavy (non-hydrogen) atoms. The van der Waals surface area contributed by atoms with Gasteiger partial charge in [0.05, 0.1) is 6.10 Å². The largest absolute Gasteiger partial charge is 0.393 e. The van der Waals surface area contributed by atoms with Gasteiger partial charge in [-0.05, 0) is 115 Å². The van der Waals surface area contributed by atoms with Crippen LogP contribution in [-0.2, 0) is 0 Å². The number of aromatic nitrogens is 1. The number of allylic oxidation sites excluding steroid dienone is 4. The summed E-state index contributed by atoms with van der Waals surface area (Å²) < 4.78 is 0. The minimum absolute atomic E-state index is 0.0876. The van der Waals surface area contributed by atoms with Crippen LogP contribution in [0.25, 0.3) is 10.8 Å². The lowest BCUT2D eigenvalue weighted by atomic mass is 9.50. The van der Waals surface area contributed by atoms with Crippen molar-refractivity contribution < 1.29 is 5.11 Å². The number of rotatable bonds is 1. The molecule has 3 saturated carbocycles. The molecule has 3 fully saturated rings. The van der Waals surface area contributed by atoms with Crippen LogP contribution in [0.3, 0.4) is 0 Å². The van der Waals surface area contributed by atoms with E-state index >= 15 is 0 Å². The SMILES string of the molecule is CC12CC=C3C=C4CC[C@H](O)C[C@]45CC[C@]3(C5)[C@@H]1CC[C@@H]2c1ccc2ccncc2c1. The van der Waals surface area contributed by atoms with Gasteiger partial charge in [0, 0.05) is 17.8 Å². The Morgan fingerprint density at radius 3 is 2.94 bits per heavy atom. The fourth-order valence-electron chi connectivity index (χ4n) is 9.15. The summed E-state index contributed by atoms with van der Waals surface area (Å²) in [6.45, 7) is 2.60. The highest BCUT2D eigenvalue weighted by Gasteiger charge is 2.65. The molecule has 0 radical (unpaired) electrons. The molecule has 0 amide bonds. The van der Waals surface area contributed by atoms with E-state index in [1.54, 1.807) is 11.1 Å². The Labute approximate surface area is 185 Å². The molecule has 5 aliphatic rings. The van der Waals surface area contributed by atoms with Gasteiger partial charge in [-0.2, -0.15) is 0 Å². The molecule has 1 heterocycles. The van der Waals surface area contributed by atoms with E-state index in [1.165, 1.54) is 54.9 Å². The second-order valence-corrected chi connectivity index (χ2v) is 11.7. The molecule has 2 spiro atoms. The molecular formula is C29H33NO. The van der Waals surface area contributed by atoms with Gasteiger partial charge in [-0.25, -0.2) is 0 Å². The topological polar surface area (TPSA) is 33.1 Å². The van der Waals surface area contributed by atoms with Crippen LogP contribution in [0, 0.1) is 22.2 Å². The summed E-state index contributed by atoms with van der Waals surface area (Å²) >= 11 is 0. The molecule has 1 aromatic carbocycles. The fourth-order valence-corrected chi connectivity index (χ4v) is 9.15. The van der Waals surface area contributed by atoms with Crippen LogP contribution in [0.1, 0.15) is 76.2 Å². The summed E-state index contributed by atoms with van der Waals surface area (Å²) in [5.74, 6) is 1.40. The third-order valence-electron chi connectivity index (χ3n) is 10.5. The minimum atomic E-state index is -0.0876. The Hall–Kier alpha value is -1.93. The van der Waals surface area contributed by atoms with Crippen LogP contribution in [0.2, 0.25) is 0 Å². The quantitative estimate of drug-likeness (QED) is 0.566. The van der Waals surface area contributed by atoms with Gasteiger partial charge in [0.25, 0.3) is 0 Å². The normalized spacial score (nSPS) is 43.1. The van der Waals surface area contributed by atoms with E-state index in [-0.39, 0.29) is 6.10 Å². The Bertz CT molecular complexity index is 1150. The van der Waals surface area contributed by atoms with E-state index in [9.17, 15) is 5.11 Å². The number of pyridine rings is 1. The van der Waals surface area contributed by atoms with Crippen LogP contribution in [0.5, 0.6) is 0 Å². The molecule has 2 nitrogen and oxygen atoms in total. The summed E-state index contributed by atoms with van der Waals surface area (Å²) in [4.78, 5) is 4.37. The van der Waals surface area contributed by atoms with Crippen molar-refractivity contribution in [2.75, 3.05) is 0 Å². The van der Waals surface area contributed by atoms with Crippen molar-refractivity contribution in [1.82, 2.24) is 4.98 Å². The molecule has 7 rings (SSSR count). The summed E-state index contributed by atoms with van der Waals surface area (Å²) in [5, 5.41) is 13.1. The van der Waals surface area contributed by atoms with Crippen molar-refractivity contribution in [3.8, 4) is 0 Å². The summed E-state index contributed by atoms with van der Waals surface area (Å²) in [6.07, 6.45) is 20.0. The van der Waals surface area contributed by atoms with Crippen LogP contribution in [0.4, 0.5) is 0 Å². The van der Waals surface area contributed by atoms with E-state index in [0.717, 1.165) is 25.2 Å². The Balaban J connectivity index is 1.31. The zero-order chi connectivity index (χ0) is 20.8. The molecule has 1 unspecified atom stereocenters. The second kappa shape index (κ2) is 6.10. The van der Waals surface area contributed by atoms with Gasteiger partial charge in [-0.15, -0.1) is 0 Å². The average molecular weight is 412 g/mol. The monoisotopic (exact) mass is 411 g/mol. The highest BCUT2D eigenvalue weighted by molar-refractivity contribution is 5.82. The van der Waals surface area contributed by atoms with Crippen molar-refractivity contribution in [1.29, 1.82) is 0 Å². The van der Waals surface area contributed by atoms with E-state index in [2.05, 4.69) is 48.3 Å². The number of hydrogen-bond donors (Lipinski definition) is 1. The lowest BCUT2D eigenvalue weighted by Crippen LogP contribution is -2.46. The van der Waals surface area contributed by atoms with E-state index in [0.29, 0.717) is 22.2 Å². The minimum Gasteiger partial charge on any atom is -0.393 e. The second-order valence-electron chi connectivity index (χ2n) is 11.7. The lowest BCUT2D eigenvalue weighted by molar-refractivity contribution is 0.0375. The molecule has 2 bridgehead atoms. The predicted octanol–water partition coefficient (Wildman–Crippen LogP) is 6.71. The highest BCUT2D eigenvalue weighted by atomic mass is 16.3. The zero-order valence-corrected chi connectivity index (χ0v) is 18.6. The summed E-state index contributed by atoms with van der Waals surface area (Å²) in [7, 11) is 0. The summed E-state index contributed by atoms with van der Waals surface area (Å²) in [6, 6.07) is 9.23. The number of fused-ring (bicyclic) bond motifs is 2. The van der Waals surface area contributed by atoms with E-state index in [4.69, 9.17) is 0 Å². The van der Waals surface area contributed by atoms with Crippen molar-refractivity contribution >= 4 is 10.8 Å². The van der Waals surface area contributed by atoms with Gasteiger partial charge < -0.3 is 5.11 Å². The molecular weight excluding hydrogens is 378 g/mol. The third kappa shape index (κ3) is 2.35. The summed E-state index contributed by atoms with van der Waals surface area (Å²) in [5.41, 5.74) is 5.88. The van der Waals surface area contributed by atoms with Crippen LogP contribution in [0.15, 0.2) is 60.0 Å². The number of benzene rings is 1. The molecule has 2 heteroatoms. The predicted molar refractivity (Wildman–Crippen MR) is 125 cm³/mol. The van der Waals surface area contributed by atoms with Gasteiger partial charge >= 0.3 is 0 Å². The van der Waals surface area contributed by atoms with E-state index < -0.39 is 0 Å². The van der Waals surface area contributed by atoms with Crippen molar-refractivity contribution in [3.63, 3.8) is 0 Å². The maximum absolute atomic E-state index is 10.5. The molecule has 1 aromatic heterocycles. The van der Waals surface area contributed by atoms with Gasteiger partial charge in [0.15, 0.2) is 0 Å². The Kier molecular flexibility index (Phi) is 3.66. The van der Waals surface area contributed by atoms with Gasteiger partial charge in [0.2, 0.25) is 0 Å². The molecule has 2 aromatic rings. The maximum atomic E-state index is 10.5. The van der Waals surface area contributed by atoms with Crippen molar-refractivity contribution in [2.24, 2.45) is 22.2 Å². The van der Waals surface area contributed by atoms with Crippen LogP contribution in [-0.4, -0.2) is 16.2 Å². The van der Waals surface area contributed by atoms with Crippen molar-refractivity contribution in [3.05, 3.63) is 65.5 Å². The third-order valence-corrected chi connectivity index (χ3v) is 10.5. The number of aliphatic hydroxyl groups excluding tert-OH is 1. The fraction of sp³-hybridized carbons (Fsp3) is 0.552. The first-order valence-corrected chi connectivity index (χ1v) is 12.5. The molecule has 1 N–H and O–H groups in total. The highest BCUT2D eigenvalue weighted by Crippen LogP contribution is 2.75. The first-order chi connectivity index (χ1) is 15.0. The molecule has 6 atom stereocenters. The zero-order valence-electron chi connectivity index (χ0n) is 18.6. The maximum Gasteiger partial charge on any atom is 0.0551 e. The first-order valence-electron chi connectivity index (χ1n) is 12.5. The number of aliphatic hydroxyl groups is 1. The van der Waals surface area contributed by atoms with Crippen LogP contribution >= 0.6 is 0 Å². The molecule has 0 aliphatic heterocycles. The molecule has 0 saturated heterocycles. The lowest BCUT2D eigenvalue weighted by Gasteiger charge is -2.54. The standard InChI is InChI=1S/C29H33NO/c1-27-10-8-23-15-22-4-5-24(31)16-28(22)11-12-29(23,18-28)26(27)7-6-25(27)20-3-2-19-9-13-30-17-21(19)14-20/h2-3,8-9,13-15,17,24-26,31H,4-7,10-12,16,18H2,1H3/t24-,25+,26+,27?,28-,29+/m0/s1. The van der Waals surface area contributed by atoms with Gasteiger partial charge in [-0.3, -0.25) is 4.98 Å². The molecule has 5 aliphatic carbocycles. The molecule has 160 valence electrons. The van der Waals surface area contributed by atoms with E-state index in [1.807, 2.05) is 12.4 Å². The van der Waals surface area contributed by atoms with Gasteiger partial charge in [0.1, 0.15) is 0 Å². The van der Waals surface area contributed by atoms with Crippen molar-refractivity contribution in [2.45, 2.75) is 76.7 Å². The first kappa shape index (κ1) is 18.6. The average Bonchev–Trinajstić information content (AvgIpc) is 3.28. The number of nitrogens with zero attached hydrogens (tertiary/aromatic N) is 1. The van der Waals surface area contributed by atoms with Crippen LogP contribution < -0.4 is 0 Å². The Morgan fingerprint density at radius 2 is 2.00 bits per heavy atom. The smallest absolute Gasteiger partial charge is 0.0551 e.